The van der Waals surface area contributed by atoms with Crippen LogP contribution in [0.25, 0.3) is 11.0 Å². The third kappa shape index (κ3) is 2.51. The van der Waals surface area contributed by atoms with Gasteiger partial charge in [-0.3, -0.25) is 0 Å². The van der Waals surface area contributed by atoms with Crippen molar-refractivity contribution >= 4 is 22.6 Å². The van der Waals surface area contributed by atoms with Gasteiger partial charge in [-0.05, 0) is 42.5 Å². The van der Waals surface area contributed by atoms with E-state index in [1.54, 1.807) is 36.6 Å². The highest BCUT2D eigenvalue weighted by molar-refractivity contribution is 6.31. The molecule has 4 heteroatoms. The lowest BCUT2D eigenvalue weighted by Gasteiger charge is -2.04. The average Bonchev–Trinajstić information content (AvgIpc) is 2.80. The highest BCUT2D eigenvalue weighted by Gasteiger charge is 2.07. The summed E-state index contributed by atoms with van der Waals surface area (Å²) in [5.41, 5.74) is 1.72. The molecule has 0 radical (unpaired) electrons. The lowest BCUT2D eigenvalue weighted by atomic mass is 10.2. The van der Waals surface area contributed by atoms with Crippen LogP contribution in [0.3, 0.4) is 0 Å². The number of phenols is 1. The van der Waals surface area contributed by atoms with Crippen molar-refractivity contribution in [3.8, 4) is 11.5 Å². The molecule has 0 saturated carbocycles. The number of hydrogen-bond donors (Lipinski definition) is 1. The van der Waals surface area contributed by atoms with E-state index in [2.05, 4.69) is 0 Å². The number of benzene rings is 2. The molecule has 0 spiro atoms. The highest BCUT2D eigenvalue weighted by atomic mass is 35.5. The molecule has 96 valence electrons. The molecular weight excluding hydrogens is 264 g/mol. The first kappa shape index (κ1) is 11.9. The second-order valence-corrected chi connectivity index (χ2v) is 4.62. The van der Waals surface area contributed by atoms with Crippen LogP contribution in [-0.2, 0) is 6.61 Å². The summed E-state index contributed by atoms with van der Waals surface area (Å²) < 4.78 is 11.1. The topological polar surface area (TPSA) is 42.6 Å². The van der Waals surface area contributed by atoms with Crippen molar-refractivity contribution in [3.05, 3.63) is 59.3 Å². The number of phenolic OH excluding ortho intramolecular Hbond substituents is 1. The molecule has 3 rings (SSSR count). The Balaban J connectivity index is 1.81. The van der Waals surface area contributed by atoms with E-state index in [0.29, 0.717) is 17.4 Å². The summed E-state index contributed by atoms with van der Waals surface area (Å²) >= 11 is 5.97. The van der Waals surface area contributed by atoms with Gasteiger partial charge in [0.25, 0.3) is 0 Å². The number of aromatic hydroxyl groups is 1. The zero-order chi connectivity index (χ0) is 13.2. The molecule has 0 aliphatic rings. The number of furan rings is 1. The average molecular weight is 275 g/mol. The number of ether oxygens (including phenoxy) is 1. The summed E-state index contributed by atoms with van der Waals surface area (Å²) in [6.45, 7) is 0.387. The maximum absolute atomic E-state index is 9.20. The molecule has 0 saturated heterocycles. The van der Waals surface area contributed by atoms with Gasteiger partial charge < -0.3 is 14.3 Å². The molecule has 0 atom stereocenters. The van der Waals surface area contributed by atoms with Gasteiger partial charge in [0.05, 0.1) is 6.26 Å². The minimum Gasteiger partial charge on any atom is -0.508 e. The molecule has 1 heterocycles. The van der Waals surface area contributed by atoms with E-state index < -0.39 is 0 Å². The minimum absolute atomic E-state index is 0.216. The van der Waals surface area contributed by atoms with Crippen molar-refractivity contribution in [3.63, 3.8) is 0 Å². The Hall–Kier alpha value is -2.13. The van der Waals surface area contributed by atoms with Crippen molar-refractivity contribution in [2.45, 2.75) is 6.61 Å². The molecule has 0 bridgehead atoms. The second kappa shape index (κ2) is 4.86. The van der Waals surface area contributed by atoms with Crippen LogP contribution in [-0.4, -0.2) is 5.11 Å². The van der Waals surface area contributed by atoms with Gasteiger partial charge in [0.15, 0.2) is 0 Å². The van der Waals surface area contributed by atoms with Gasteiger partial charge >= 0.3 is 0 Å². The molecule has 3 nitrogen and oxygen atoms in total. The summed E-state index contributed by atoms with van der Waals surface area (Å²) in [6.07, 6.45) is 1.67. The Morgan fingerprint density at radius 2 is 1.89 bits per heavy atom. The van der Waals surface area contributed by atoms with Crippen LogP contribution in [0.1, 0.15) is 5.56 Å². The predicted molar refractivity (Wildman–Crippen MR) is 73.7 cm³/mol. The van der Waals surface area contributed by atoms with E-state index in [9.17, 15) is 5.11 Å². The van der Waals surface area contributed by atoms with Crippen molar-refractivity contribution in [2.75, 3.05) is 0 Å². The Kier molecular flexibility index (Phi) is 3.05. The zero-order valence-electron chi connectivity index (χ0n) is 9.97. The highest BCUT2D eigenvalue weighted by Crippen LogP contribution is 2.26. The molecule has 0 unspecified atom stereocenters. The van der Waals surface area contributed by atoms with Gasteiger partial charge in [0, 0.05) is 16.0 Å². The van der Waals surface area contributed by atoms with Gasteiger partial charge in [-0.25, -0.2) is 0 Å². The Bertz CT molecular complexity index is 701. The predicted octanol–water partition coefficient (Wildman–Crippen LogP) is 4.37. The molecule has 1 aromatic heterocycles. The Labute approximate surface area is 115 Å². The van der Waals surface area contributed by atoms with Gasteiger partial charge in [-0.15, -0.1) is 0 Å². The van der Waals surface area contributed by atoms with Crippen LogP contribution in [0.2, 0.25) is 5.02 Å². The molecule has 3 aromatic rings. The van der Waals surface area contributed by atoms with E-state index in [1.165, 1.54) is 0 Å². The fourth-order valence-electron chi connectivity index (χ4n) is 1.87. The fraction of sp³-hybridized carbons (Fsp3) is 0.0667. The summed E-state index contributed by atoms with van der Waals surface area (Å²) in [5, 5.41) is 10.8. The first-order valence-corrected chi connectivity index (χ1v) is 6.17. The van der Waals surface area contributed by atoms with Crippen molar-refractivity contribution in [1.29, 1.82) is 0 Å². The van der Waals surface area contributed by atoms with E-state index in [0.717, 1.165) is 16.5 Å². The van der Waals surface area contributed by atoms with Crippen LogP contribution in [0.15, 0.2) is 53.1 Å². The maximum Gasteiger partial charge on any atom is 0.134 e. The molecular formula is C15H11ClO3. The van der Waals surface area contributed by atoms with E-state index in [1.807, 2.05) is 12.1 Å². The maximum atomic E-state index is 9.20. The minimum atomic E-state index is 0.216. The standard InChI is InChI=1S/C15H11ClO3/c16-11-1-6-15-14(7-11)10(9-19-15)8-18-13-4-2-12(17)3-5-13/h1-7,9,17H,8H2. The van der Waals surface area contributed by atoms with Crippen molar-refractivity contribution < 1.29 is 14.3 Å². The third-order valence-electron chi connectivity index (χ3n) is 2.85. The lowest BCUT2D eigenvalue weighted by molar-refractivity contribution is 0.305. The van der Waals surface area contributed by atoms with Crippen LogP contribution in [0, 0.1) is 0 Å². The fourth-order valence-corrected chi connectivity index (χ4v) is 2.04. The zero-order valence-corrected chi connectivity index (χ0v) is 10.7. The summed E-state index contributed by atoms with van der Waals surface area (Å²) in [7, 11) is 0. The molecule has 19 heavy (non-hydrogen) atoms. The van der Waals surface area contributed by atoms with Gasteiger partial charge in [0.1, 0.15) is 23.7 Å². The largest absolute Gasteiger partial charge is 0.508 e. The molecule has 2 aromatic carbocycles. The molecule has 0 fully saturated rings. The lowest BCUT2D eigenvalue weighted by Crippen LogP contribution is -1.93. The van der Waals surface area contributed by atoms with E-state index in [4.69, 9.17) is 20.8 Å². The molecule has 0 aliphatic carbocycles. The summed E-state index contributed by atoms with van der Waals surface area (Å²) in [6, 6.07) is 12.1. The van der Waals surface area contributed by atoms with E-state index in [-0.39, 0.29) is 5.75 Å². The monoisotopic (exact) mass is 274 g/mol. The van der Waals surface area contributed by atoms with Gasteiger partial charge in [-0.2, -0.15) is 0 Å². The van der Waals surface area contributed by atoms with Crippen LogP contribution < -0.4 is 4.74 Å². The number of hydrogen-bond acceptors (Lipinski definition) is 3. The van der Waals surface area contributed by atoms with Crippen LogP contribution >= 0.6 is 11.6 Å². The Morgan fingerprint density at radius 1 is 1.11 bits per heavy atom. The summed E-state index contributed by atoms with van der Waals surface area (Å²) in [5.74, 6) is 0.905. The SMILES string of the molecule is Oc1ccc(OCc2coc3ccc(Cl)cc23)cc1. The quantitative estimate of drug-likeness (QED) is 0.771. The third-order valence-corrected chi connectivity index (χ3v) is 3.08. The normalized spacial score (nSPS) is 10.8. The van der Waals surface area contributed by atoms with Crippen molar-refractivity contribution in [2.24, 2.45) is 0 Å². The van der Waals surface area contributed by atoms with Crippen molar-refractivity contribution in [1.82, 2.24) is 0 Å². The first-order valence-electron chi connectivity index (χ1n) is 5.80. The second-order valence-electron chi connectivity index (χ2n) is 4.18. The Morgan fingerprint density at radius 3 is 2.68 bits per heavy atom. The first-order chi connectivity index (χ1) is 9.22. The molecule has 0 amide bonds. The molecule has 0 aliphatic heterocycles. The smallest absolute Gasteiger partial charge is 0.134 e. The van der Waals surface area contributed by atoms with Crippen LogP contribution in [0.5, 0.6) is 11.5 Å². The number of rotatable bonds is 3. The molecule has 1 N–H and O–H groups in total. The number of halogens is 1. The van der Waals surface area contributed by atoms with Gasteiger partial charge in [-0.1, -0.05) is 11.6 Å². The van der Waals surface area contributed by atoms with Crippen LogP contribution in [0.4, 0.5) is 0 Å². The number of fused-ring (bicyclic) bond motifs is 1. The van der Waals surface area contributed by atoms with Gasteiger partial charge in [0.2, 0.25) is 0 Å². The van der Waals surface area contributed by atoms with E-state index >= 15 is 0 Å². The summed E-state index contributed by atoms with van der Waals surface area (Å²) in [4.78, 5) is 0.